The maximum atomic E-state index is 12.5. The predicted octanol–water partition coefficient (Wildman–Crippen LogP) is 3.31. The molecule has 1 N–H and O–H groups in total. The van der Waals surface area contributed by atoms with Crippen LogP contribution in [0.2, 0.25) is 0 Å². The van der Waals surface area contributed by atoms with Crippen LogP contribution in [0.25, 0.3) is 11.0 Å². The lowest BCUT2D eigenvalue weighted by molar-refractivity contribution is 0.0782. The maximum absolute atomic E-state index is 12.5. The molecule has 8 nitrogen and oxygen atoms in total. The average molecular weight is 380 g/mol. The molecule has 1 aromatic heterocycles. The number of fused-ring (bicyclic) bond motifs is 1. The van der Waals surface area contributed by atoms with Gasteiger partial charge in [-0.25, -0.2) is 9.59 Å². The Morgan fingerprint density at radius 2 is 1.64 bits per heavy atom. The van der Waals surface area contributed by atoms with Crippen LogP contribution in [0, 0.1) is 0 Å². The SMILES string of the molecule is O=C(Nc1noc2ccccc12)N1CCN(C(=O)OCc2ccccc2)CC1. The molecule has 1 aliphatic heterocycles. The monoisotopic (exact) mass is 380 g/mol. The minimum Gasteiger partial charge on any atom is -0.445 e. The van der Waals surface area contributed by atoms with E-state index >= 15 is 0 Å². The van der Waals surface area contributed by atoms with Crippen LogP contribution < -0.4 is 5.32 Å². The normalized spacial score (nSPS) is 14.1. The van der Waals surface area contributed by atoms with Gasteiger partial charge in [-0.3, -0.25) is 5.32 Å². The van der Waals surface area contributed by atoms with Gasteiger partial charge in [-0.1, -0.05) is 47.6 Å². The fraction of sp³-hybridized carbons (Fsp3) is 0.250. The third-order valence-corrected chi connectivity index (χ3v) is 4.63. The summed E-state index contributed by atoms with van der Waals surface area (Å²) < 4.78 is 10.5. The van der Waals surface area contributed by atoms with E-state index in [1.807, 2.05) is 48.5 Å². The molecule has 0 bridgehead atoms. The molecule has 3 amide bonds. The van der Waals surface area contributed by atoms with E-state index in [1.165, 1.54) is 0 Å². The van der Waals surface area contributed by atoms with E-state index in [4.69, 9.17) is 9.26 Å². The van der Waals surface area contributed by atoms with E-state index in [-0.39, 0.29) is 18.7 Å². The number of hydrogen-bond acceptors (Lipinski definition) is 5. The van der Waals surface area contributed by atoms with Gasteiger partial charge in [0.1, 0.15) is 6.61 Å². The second kappa shape index (κ2) is 7.99. The number of ether oxygens (including phenoxy) is 1. The molecule has 2 heterocycles. The number of piperazine rings is 1. The van der Waals surface area contributed by atoms with Crippen molar-refractivity contribution in [1.82, 2.24) is 15.0 Å². The van der Waals surface area contributed by atoms with Gasteiger partial charge in [-0.05, 0) is 17.7 Å². The number of carbonyl (C=O) groups excluding carboxylic acids is 2. The van der Waals surface area contributed by atoms with Crippen LogP contribution in [0.4, 0.5) is 15.4 Å². The van der Waals surface area contributed by atoms with Crippen molar-refractivity contribution in [3.05, 3.63) is 60.2 Å². The van der Waals surface area contributed by atoms with E-state index < -0.39 is 0 Å². The van der Waals surface area contributed by atoms with Gasteiger partial charge in [0, 0.05) is 26.2 Å². The van der Waals surface area contributed by atoms with Gasteiger partial charge in [0.25, 0.3) is 0 Å². The van der Waals surface area contributed by atoms with Crippen molar-refractivity contribution in [3.8, 4) is 0 Å². The molecular formula is C20H20N4O4. The number of anilines is 1. The quantitative estimate of drug-likeness (QED) is 0.753. The first-order valence-electron chi connectivity index (χ1n) is 9.07. The van der Waals surface area contributed by atoms with Crippen LogP contribution in [0.3, 0.4) is 0 Å². The number of rotatable bonds is 3. The highest BCUT2D eigenvalue weighted by atomic mass is 16.6. The highest BCUT2D eigenvalue weighted by Crippen LogP contribution is 2.22. The van der Waals surface area contributed by atoms with Crippen molar-refractivity contribution in [2.75, 3.05) is 31.5 Å². The highest BCUT2D eigenvalue weighted by molar-refractivity contribution is 5.98. The van der Waals surface area contributed by atoms with Crippen molar-refractivity contribution in [1.29, 1.82) is 0 Å². The number of nitrogens with zero attached hydrogens (tertiary/aromatic N) is 3. The molecule has 0 spiro atoms. The first kappa shape index (κ1) is 17.8. The summed E-state index contributed by atoms with van der Waals surface area (Å²) in [5.74, 6) is 0.394. The average Bonchev–Trinajstić information content (AvgIpc) is 3.16. The van der Waals surface area contributed by atoms with Gasteiger partial charge in [0.05, 0.1) is 5.39 Å². The topological polar surface area (TPSA) is 87.9 Å². The Morgan fingerprint density at radius 3 is 2.43 bits per heavy atom. The van der Waals surface area contributed by atoms with Crippen LogP contribution in [-0.2, 0) is 11.3 Å². The number of carbonyl (C=O) groups is 2. The number of aromatic nitrogens is 1. The summed E-state index contributed by atoms with van der Waals surface area (Å²) >= 11 is 0. The molecule has 4 rings (SSSR count). The van der Waals surface area contributed by atoms with E-state index in [0.29, 0.717) is 37.6 Å². The first-order chi connectivity index (χ1) is 13.7. The summed E-state index contributed by atoms with van der Waals surface area (Å²) in [6.45, 7) is 1.91. The van der Waals surface area contributed by atoms with E-state index in [1.54, 1.807) is 15.9 Å². The second-order valence-corrected chi connectivity index (χ2v) is 6.47. The van der Waals surface area contributed by atoms with Crippen LogP contribution in [0.1, 0.15) is 5.56 Å². The zero-order valence-corrected chi connectivity index (χ0v) is 15.2. The van der Waals surface area contributed by atoms with Crippen LogP contribution in [0.15, 0.2) is 59.1 Å². The van der Waals surface area contributed by atoms with Gasteiger partial charge >= 0.3 is 12.1 Å². The molecule has 3 aromatic rings. The standard InChI is InChI=1S/C20H20N4O4/c25-19(21-18-16-8-4-5-9-17(16)28-22-18)23-10-12-24(13-11-23)20(26)27-14-15-6-2-1-3-7-15/h1-9H,10-14H2,(H,21,22,25). The third kappa shape index (κ3) is 3.90. The molecule has 0 unspecified atom stereocenters. The minimum absolute atomic E-state index is 0.236. The number of urea groups is 1. The number of amides is 3. The summed E-state index contributed by atoms with van der Waals surface area (Å²) in [6, 6.07) is 16.6. The fourth-order valence-corrected chi connectivity index (χ4v) is 3.06. The summed E-state index contributed by atoms with van der Waals surface area (Å²) in [5.41, 5.74) is 1.55. The molecule has 8 heteroatoms. The van der Waals surface area contributed by atoms with Crippen molar-refractivity contribution in [2.45, 2.75) is 6.61 Å². The molecule has 1 fully saturated rings. The Kier molecular flexibility index (Phi) is 5.09. The molecule has 0 aliphatic carbocycles. The van der Waals surface area contributed by atoms with Gasteiger partial charge in [0.2, 0.25) is 0 Å². The summed E-state index contributed by atoms with van der Waals surface area (Å²) in [7, 11) is 0. The van der Waals surface area contributed by atoms with Gasteiger partial charge in [-0.2, -0.15) is 0 Å². The Bertz CT molecular complexity index is 965. The summed E-state index contributed by atoms with van der Waals surface area (Å²) in [4.78, 5) is 28.0. The Balaban J connectivity index is 1.27. The van der Waals surface area contributed by atoms with E-state index in [9.17, 15) is 9.59 Å². The molecule has 0 saturated carbocycles. The van der Waals surface area contributed by atoms with Crippen LogP contribution >= 0.6 is 0 Å². The third-order valence-electron chi connectivity index (χ3n) is 4.63. The second-order valence-electron chi connectivity index (χ2n) is 6.47. The molecule has 0 atom stereocenters. The van der Waals surface area contributed by atoms with Crippen molar-refractivity contribution in [3.63, 3.8) is 0 Å². The van der Waals surface area contributed by atoms with Crippen molar-refractivity contribution in [2.24, 2.45) is 0 Å². The van der Waals surface area contributed by atoms with Gasteiger partial charge in [0.15, 0.2) is 11.4 Å². The molecule has 28 heavy (non-hydrogen) atoms. The number of benzene rings is 2. The molecular weight excluding hydrogens is 360 g/mol. The van der Waals surface area contributed by atoms with Gasteiger partial charge < -0.3 is 19.1 Å². The Hall–Kier alpha value is -3.55. The number of nitrogens with one attached hydrogen (secondary N) is 1. The van der Waals surface area contributed by atoms with E-state index in [0.717, 1.165) is 10.9 Å². The fourth-order valence-electron chi connectivity index (χ4n) is 3.06. The molecule has 1 aliphatic rings. The lowest BCUT2D eigenvalue weighted by atomic mass is 10.2. The van der Waals surface area contributed by atoms with E-state index in [2.05, 4.69) is 10.5 Å². The largest absolute Gasteiger partial charge is 0.445 e. The maximum Gasteiger partial charge on any atom is 0.410 e. The number of para-hydroxylation sites is 1. The lowest BCUT2D eigenvalue weighted by Crippen LogP contribution is -2.51. The Labute approximate surface area is 161 Å². The van der Waals surface area contributed by atoms with Crippen molar-refractivity contribution >= 4 is 28.9 Å². The minimum atomic E-state index is -0.369. The summed E-state index contributed by atoms with van der Waals surface area (Å²) in [6.07, 6.45) is -0.369. The highest BCUT2D eigenvalue weighted by Gasteiger charge is 2.26. The lowest BCUT2D eigenvalue weighted by Gasteiger charge is -2.33. The first-order valence-corrected chi connectivity index (χ1v) is 9.07. The van der Waals surface area contributed by atoms with Gasteiger partial charge in [-0.15, -0.1) is 0 Å². The molecule has 1 saturated heterocycles. The summed E-state index contributed by atoms with van der Waals surface area (Å²) in [5, 5.41) is 7.43. The number of hydrogen-bond donors (Lipinski definition) is 1. The predicted molar refractivity (Wildman–Crippen MR) is 103 cm³/mol. The molecule has 144 valence electrons. The van der Waals surface area contributed by atoms with Crippen molar-refractivity contribution < 1.29 is 18.8 Å². The smallest absolute Gasteiger partial charge is 0.410 e. The van der Waals surface area contributed by atoms with Crippen LogP contribution in [0.5, 0.6) is 0 Å². The van der Waals surface area contributed by atoms with Crippen LogP contribution in [-0.4, -0.2) is 53.3 Å². The zero-order chi connectivity index (χ0) is 19.3. The zero-order valence-electron chi connectivity index (χ0n) is 15.2. The molecule has 2 aromatic carbocycles. The Morgan fingerprint density at radius 1 is 0.964 bits per heavy atom. The molecule has 0 radical (unpaired) electrons.